The fraction of sp³-hybridized carbons (Fsp3) is 0.429. The van der Waals surface area contributed by atoms with Crippen molar-refractivity contribution in [1.29, 1.82) is 0 Å². The molecule has 1 saturated carbocycles. The lowest BCUT2D eigenvalue weighted by atomic mass is 9.90. The van der Waals surface area contributed by atoms with Crippen molar-refractivity contribution < 1.29 is 9.47 Å². The third kappa shape index (κ3) is 2.80. The average molecular weight is 233 g/mol. The maximum absolute atomic E-state index is 5.89. The van der Waals surface area contributed by atoms with Gasteiger partial charge in [0.2, 0.25) is 0 Å². The lowest BCUT2D eigenvalue weighted by Crippen LogP contribution is -2.43. The second-order valence-electron chi connectivity index (χ2n) is 4.45. The van der Waals surface area contributed by atoms with Crippen molar-refractivity contribution >= 4 is 0 Å². The molecule has 1 aromatic carbocycles. The van der Waals surface area contributed by atoms with Gasteiger partial charge < -0.3 is 15.2 Å². The fourth-order valence-corrected chi connectivity index (χ4v) is 1.99. The van der Waals surface area contributed by atoms with Crippen molar-refractivity contribution in [3.63, 3.8) is 0 Å². The molecule has 0 atom stereocenters. The molecule has 0 spiro atoms. The van der Waals surface area contributed by atoms with Crippen molar-refractivity contribution in [2.75, 3.05) is 7.11 Å². The molecule has 0 aromatic heterocycles. The van der Waals surface area contributed by atoms with Crippen LogP contribution in [0.25, 0.3) is 0 Å². The fourth-order valence-electron chi connectivity index (χ4n) is 1.99. The molecule has 3 heteroatoms. The summed E-state index contributed by atoms with van der Waals surface area (Å²) in [6, 6.07) is 6.28. The predicted molar refractivity (Wildman–Crippen MR) is 68.5 cm³/mol. The van der Waals surface area contributed by atoms with E-state index in [0.29, 0.717) is 6.04 Å². The van der Waals surface area contributed by atoms with Gasteiger partial charge in [-0.2, -0.15) is 0 Å². The zero-order valence-electron chi connectivity index (χ0n) is 10.2. The summed E-state index contributed by atoms with van der Waals surface area (Å²) in [5.41, 5.74) is 6.93. The van der Waals surface area contributed by atoms with Crippen LogP contribution in [-0.2, 0) is 6.42 Å². The first-order valence-electron chi connectivity index (χ1n) is 5.93. The van der Waals surface area contributed by atoms with Crippen LogP contribution < -0.4 is 15.2 Å². The second-order valence-corrected chi connectivity index (χ2v) is 4.45. The quantitative estimate of drug-likeness (QED) is 0.794. The first-order chi connectivity index (χ1) is 8.22. The molecule has 17 heavy (non-hydrogen) atoms. The standard InChI is InChI=1S/C14H19NO2/c1-3-4-10-5-6-13(16-2)14(7-10)17-12-8-11(15)9-12/h3,5-7,11-12H,1,4,8-9,15H2,2H3/t11-,12-. The third-order valence-electron chi connectivity index (χ3n) is 3.03. The number of methoxy groups -OCH3 is 1. The summed E-state index contributed by atoms with van der Waals surface area (Å²) in [5, 5.41) is 0. The molecule has 2 rings (SSSR count). The molecular weight excluding hydrogens is 214 g/mol. The zero-order chi connectivity index (χ0) is 12.3. The van der Waals surface area contributed by atoms with E-state index in [1.807, 2.05) is 24.3 Å². The smallest absolute Gasteiger partial charge is 0.161 e. The van der Waals surface area contributed by atoms with Crippen LogP contribution in [0.4, 0.5) is 0 Å². The third-order valence-corrected chi connectivity index (χ3v) is 3.03. The Kier molecular flexibility index (Phi) is 3.69. The van der Waals surface area contributed by atoms with Crippen LogP contribution in [-0.4, -0.2) is 19.3 Å². The minimum absolute atomic E-state index is 0.234. The number of ether oxygens (including phenoxy) is 2. The number of hydrogen-bond donors (Lipinski definition) is 1. The van der Waals surface area contributed by atoms with E-state index in [2.05, 4.69) is 6.58 Å². The summed E-state index contributed by atoms with van der Waals surface area (Å²) in [5.74, 6) is 1.59. The van der Waals surface area contributed by atoms with E-state index in [1.54, 1.807) is 7.11 Å². The average Bonchev–Trinajstić information content (AvgIpc) is 2.28. The maximum atomic E-state index is 5.89. The minimum atomic E-state index is 0.234. The Bertz CT molecular complexity index is 397. The number of rotatable bonds is 5. The Balaban J connectivity index is 2.11. The molecule has 1 aromatic rings. The maximum Gasteiger partial charge on any atom is 0.161 e. The Morgan fingerprint density at radius 2 is 2.18 bits per heavy atom. The summed E-state index contributed by atoms with van der Waals surface area (Å²) in [6.07, 6.45) is 4.80. The Morgan fingerprint density at radius 3 is 2.76 bits per heavy atom. The molecule has 2 N–H and O–H groups in total. The van der Waals surface area contributed by atoms with Gasteiger partial charge in [0.05, 0.1) is 7.11 Å². The minimum Gasteiger partial charge on any atom is -0.493 e. The molecule has 1 aliphatic rings. The van der Waals surface area contributed by atoms with Crippen molar-refractivity contribution in [1.82, 2.24) is 0 Å². The van der Waals surface area contributed by atoms with Crippen LogP contribution in [0.5, 0.6) is 11.5 Å². The van der Waals surface area contributed by atoms with E-state index < -0.39 is 0 Å². The molecule has 1 fully saturated rings. The number of allylic oxidation sites excluding steroid dienone is 1. The number of hydrogen-bond acceptors (Lipinski definition) is 3. The van der Waals surface area contributed by atoms with Crippen molar-refractivity contribution in [2.45, 2.75) is 31.4 Å². The largest absolute Gasteiger partial charge is 0.493 e. The molecule has 1 aliphatic carbocycles. The highest BCUT2D eigenvalue weighted by Gasteiger charge is 2.28. The van der Waals surface area contributed by atoms with Crippen LogP contribution in [0.2, 0.25) is 0 Å². The number of benzene rings is 1. The SMILES string of the molecule is C=CCc1ccc(OC)c(O[C@H]2C[C@H](N)C2)c1. The normalized spacial score (nSPS) is 22.7. The summed E-state index contributed by atoms with van der Waals surface area (Å²) >= 11 is 0. The van der Waals surface area contributed by atoms with Crippen molar-refractivity contribution in [3.05, 3.63) is 36.4 Å². The van der Waals surface area contributed by atoms with E-state index in [0.717, 1.165) is 30.8 Å². The van der Waals surface area contributed by atoms with Crippen LogP contribution >= 0.6 is 0 Å². The van der Waals surface area contributed by atoms with E-state index in [9.17, 15) is 0 Å². The monoisotopic (exact) mass is 233 g/mol. The number of nitrogens with two attached hydrogens (primary N) is 1. The van der Waals surface area contributed by atoms with Crippen molar-refractivity contribution in [3.8, 4) is 11.5 Å². The lowest BCUT2D eigenvalue weighted by Gasteiger charge is -2.33. The molecule has 0 radical (unpaired) electrons. The van der Waals surface area contributed by atoms with Crippen LogP contribution in [0, 0.1) is 0 Å². The molecule has 0 bridgehead atoms. The summed E-state index contributed by atoms with van der Waals surface area (Å²) < 4.78 is 11.2. The van der Waals surface area contributed by atoms with Crippen LogP contribution in [0.15, 0.2) is 30.9 Å². The zero-order valence-corrected chi connectivity index (χ0v) is 10.2. The van der Waals surface area contributed by atoms with Gasteiger partial charge in [0.25, 0.3) is 0 Å². The molecule has 0 aliphatic heterocycles. The predicted octanol–water partition coefficient (Wildman–Crippen LogP) is 2.29. The highest BCUT2D eigenvalue weighted by Crippen LogP contribution is 2.32. The van der Waals surface area contributed by atoms with Crippen molar-refractivity contribution in [2.24, 2.45) is 5.73 Å². The highest BCUT2D eigenvalue weighted by molar-refractivity contribution is 5.43. The first-order valence-corrected chi connectivity index (χ1v) is 5.93. The Morgan fingerprint density at radius 1 is 1.41 bits per heavy atom. The Hall–Kier alpha value is -1.48. The summed E-state index contributed by atoms with van der Waals surface area (Å²) in [4.78, 5) is 0. The summed E-state index contributed by atoms with van der Waals surface area (Å²) in [6.45, 7) is 3.74. The topological polar surface area (TPSA) is 44.5 Å². The second kappa shape index (κ2) is 5.23. The molecule has 92 valence electrons. The van der Waals surface area contributed by atoms with E-state index in [-0.39, 0.29) is 6.10 Å². The van der Waals surface area contributed by atoms with Gasteiger partial charge >= 0.3 is 0 Å². The van der Waals surface area contributed by atoms with Gasteiger partial charge in [-0.05, 0) is 37.0 Å². The first kappa shape index (κ1) is 12.0. The van der Waals surface area contributed by atoms with Gasteiger partial charge in [-0.15, -0.1) is 6.58 Å². The lowest BCUT2D eigenvalue weighted by molar-refractivity contribution is 0.0972. The molecule has 0 heterocycles. The van der Waals surface area contributed by atoms with Gasteiger partial charge in [0.1, 0.15) is 6.10 Å². The molecule has 3 nitrogen and oxygen atoms in total. The van der Waals surface area contributed by atoms with Gasteiger partial charge in [0, 0.05) is 6.04 Å². The van der Waals surface area contributed by atoms with Gasteiger partial charge in [0.15, 0.2) is 11.5 Å². The van der Waals surface area contributed by atoms with E-state index in [1.165, 1.54) is 5.56 Å². The van der Waals surface area contributed by atoms with E-state index >= 15 is 0 Å². The van der Waals surface area contributed by atoms with Crippen LogP contribution in [0.3, 0.4) is 0 Å². The summed E-state index contributed by atoms with van der Waals surface area (Å²) in [7, 11) is 1.65. The Labute approximate surface area is 102 Å². The van der Waals surface area contributed by atoms with Crippen LogP contribution in [0.1, 0.15) is 18.4 Å². The molecule has 0 saturated heterocycles. The van der Waals surface area contributed by atoms with E-state index in [4.69, 9.17) is 15.2 Å². The van der Waals surface area contributed by atoms with Gasteiger partial charge in [-0.3, -0.25) is 0 Å². The van der Waals surface area contributed by atoms with Gasteiger partial charge in [-0.25, -0.2) is 0 Å². The highest BCUT2D eigenvalue weighted by atomic mass is 16.5. The molecular formula is C14H19NO2. The van der Waals surface area contributed by atoms with Gasteiger partial charge in [-0.1, -0.05) is 12.1 Å². The molecule has 0 unspecified atom stereocenters. The molecule has 0 amide bonds.